The predicted octanol–water partition coefficient (Wildman–Crippen LogP) is 7.70. The molecule has 1 saturated heterocycles. The summed E-state index contributed by atoms with van der Waals surface area (Å²) in [6.45, 7) is 9.00. The number of hydrogen-bond acceptors (Lipinski definition) is 7. The fraction of sp³-hybridized carbons (Fsp3) is 0.474. The van der Waals surface area contributed by atoms with Gasteiger partial charge in [0.15, 0.2) is 0 Å². The van der Waals surface area contributed by atoms with E-state index < -0.39 is 12.1 Å². The van der Waals surface area contributed by atoms with E-state index in [9.17, 15) is 14.7 Å². The molecule has 2 fully saturated rings. The Morgan fingerprint density at radius 3 is 2.45 bits per heavy atom. The van der Waals surface area contributed by atoms with Gasteiger partial charge in [0.2, 0.25) is 5.91 Å². The first-order chi connectivity index (χ1) is 22.7. The second kappa shape index (κ2) is 16.9. The average Bonchev–Trinajstić information content (AvgIpc) is 3.45. The standard InChI is InChI=1S/C36H45N3O5S.C2H6/c1-4-24(2)31-10-5-6-11-32(31)37-34(26-8-7-9-26)38-36(45-3)18-16-25(17-19-36)20-33(41)39-22-29(40)21-28(39)23-44-30-14-12-27(13-15-30)35(42)43;1-2/h5-6,10-18,24,28-29,37-38,40H,4,7-9,19-23H2,1-3H3,(H,42,43);1-2H3. The Hall–Kier alpha value is -3.69. The lowest BCUT2D eigenvalue weighted by Crippen LogP contribution is -2.43. The summed E-state index contributed by atoms with van der Waals surface area (Å²) < 4.78 is 5.88. The largest absolute Gasteiger partial charge is 0.491 e. The number of carboxylic acids is 1. The topological polar surface area (TPSA) is 111 Å². The summed E-state index contributed by atoms with van der Waals surface area (Å²) in [4.78, 5) is 25.9. The number of nitrogens with zero attached hydrogens (tertiary/aromatic N) is 1. The third-order valence-corrected chi connectivity index (χ3v) is 10.4. The number of carboxylic acid groups (broad SMARTS) is 1. The molecule has 2 aromatic carbocycles. The Labute approximate surface area is 284 Å². The van der Waals surface area contributed by atoms with Crippen LogP contribution >= 0.6 is 11.8 Å². The van der Waals surface area contributed by atoms with Crippen molar-refractivity contribution in [1.82, 2.24) is 10.2 Å². The number of carbonyl (C=O) groups excluding carboxylic acids is 1. The minimum absolute atomic E-state index is 0.0394. The quantitative estimate of drug-likeness (QED) is 0.162. The average molecular weight is 662 g/mol. The highest BCUT2D eigenvalue weighted by Crippen LogP contribution is 2.37. The third kappa shape index (κ3) is 9.23. The number of rotatable bonds is 13. The van der Waals surface area contributed by atoms with Crippen LogP contribution < -0.4 is 15.4 Å². The smallest absolute Gasteiger partial charge is 0.335 e. The van der Waals surface area contributed by atoms with Crippen molar-refractivity contribution in [1.29, 1.82) is 0 Å². The van der Waals surface area contributed by atoms with Gasteiger partial charge in [-0.3, -0.25) is 4.79 Å². The molecule has 1 aliphatic heterocycles. The zero-order valence-corrected chi connectivity index (χ0v) is 29.2. The molecule has 0 bridgehead atoms. The third-order valence-electron chi connectivity index (χ3n) is 9.22. The van der Waals surface area contributed by atoms with Crippen LogP contribution in [0.25, 0.3) is 0 Å². The maximum absolute atomic E-state index is 13.4. The van der Waals surface area contributed by atoms with Gasteiger partial charge in [0.1, 0.15) is 23.0 Å². The van der Waals surface area contributed by atoms with Crippen LogP contribution in [0, 0.1) is 0 Å². The van der Waals surface area contributed by atoms with Gasteiger partial charge in [-0.05, 0) is 97.4 Å². The number of likely N-dealkylation sites (tertiary alicyclic amines) is 1. The van der Waals surface area contributed by atoms with Gasteiger partial charge >= 0.3 is 5.97 Å². The van der Waals surface area contributed by atoms with E-state index in [1.54, 1.807) is 28.8 Å². The molecule has 254 valence electrons. The van der Waals surface area contributed by atoms with E-state index in [1.165, 1.54) is 29.7 Å². The van der Waals surface area contributed by atoms with Gasteiger partial charge in [-0.2, -0.15) is 0 Å². The van der Waals surface area contributed by atoms with Crippen LogP contribution in [0.15, 0.2) is 83.7 Å². The number of para-hydroxylation sites is 1. The molecule has 5 rings (SSSR count). The lowest BCUT2D eigenvalue weighted by atomic mass is 9.91. The molecule has 0 spiro atoms. The molecule has 4 unspecified atom stereocenters. The zero-order chi connectivity index (χ0) is 34.0. The Bertz CT molecular complexity index is 1460. The number of thioether (sulfide) groups is 1. The Kier molecular flexibility index (Phi) is 13.0. The lowest BCUT2D eigenvalue weighted by molar-refractivity contribution is -0.132. The van der Waals surface area contributed by atoms with E-state index in [4.69, 9.17) is 9.84 Å². The number of ether oxygens (including phenoxy) is 1. The summed E-state index contributed by atoms with van der Waals surface area (Å²) in [5, 5.41) is 27.1. The second-order valence-corrected chi connectivity index (χ2v) is 13.4. The molecule has 9 heteroatoms. The highest BCUT2D eigenvalue weighted by molar-refractivity contribution is 8.00. The van der Waals surface area contributed by atoms with Crippen LogP contribution in [-0.4, -0.2) is 63.4 Å². The number of aliphatic hydroxyl groups excluding tert-OH is 1. The summed E-state index contributed by atoms with van der Waals surface area (Å²) in [5.74, 6) is 1.05. The maximum atomic E-state index is 13.4. The molecule has 3 aliphatic rings. The molecule has 4 atom stereocenters. The van der Waals surface area contributed by atoms with Crippen molar-refractivity contribution in [3.63, 3.8) is 0 Å². The summed E-state index contributed by atoms with van der Waals surface area (Å²) in [6, 6.07) is 14.5. The minimum Gasteiger partial charge on any atom is -0.491 e. The molecule has 0 aromatic heterocycles. The molecule has 1 amide bonds. The van der Waals surface area contributed by atoms with E-state index in [0.29, 0.717) is 18.1 Å². The second-order valence-electron chi connectivity index (χ2n) is 12.3. The Morgan fingerprint density at radius 2 is 1.85 bits per heavy atom. The molecule has 2 aliphatic carbocycles. The van der Waals surface area contributed by atoms with Gasteiger partial charge in [-0.1, -0.05) is 58.0 Å². The first kappa shape index (κ1) is 36.2. The van der Waals surface area contributed by atoms with Crippen LogP contribution in [0.3, 0.4) is 0 Å². The normalized spacial score (nSPS) is 22.3. The maximum Gasteiger partial charge on any atom is 0.335 e. The number of nitrogens with one attached hydrogen (secondary N) is 2. The number of carbonyl (C=O) groups is 2. The van der Waals surface area contributed by atoms with Crippen molar-refractivity contribution in [3.8, 4) is 5.75 Å². The van der Waals surface area contributed by atoms with Crippen LogP contribution in [-0.2, 0) is 4.79 Å². The SMILES string of the molecule is CC.CCC(C)c1ccccc1NC(NC1(SC)C=CC(CC(=O)N2CC(O)CC2COc2ccc(C(=O)O)cc2)=CC1)=C1CCC1. The van der Waals surface area contributed by atoms with Gasteiger partial charge in [-0.25, -0.2) is 4.79 Å². The number of aliphatic hydroxyl groups is 1. The number of allylic oxidation sites excluding steroid dienone is 2. The lowest BCUT2D eigenvalue weighted by Gasteiger charge is -2.37. The van der Waals surface area contributed by atoms with Crippen molar-refractivity contribution in [2.45, 2.75) is 95.6 Å². The fourth-order valence-electron chi connectivity index (χ4n) is 6.02. The summed E-state index contributed by atoms with van der Waals surface area (Å²) in [6.07, 6.45) is 13.8. The number of anilines is 1. The molecule has 2 aromatic rings. The zero-order valence-electron chi connectivity index (χ0n) is 28.4. The molecule has 1 saturated carbocycles. The van der Waals surface area contributed by atoms with Gasteiger partial charge < -0.3 is 30.5 Å². The van der Waals surface area contributed by atoms with E-state index in [-0.39, 0.29) is 42.0 Å². The fourth-order valence-corrected chi connectivity index (χ4v) is 6.68. The Morgan fingerprint density at radius 1 is 1.13 bits per heavy atom. The molecule has 47 heavy (non-hydrogen) atoms. The summed E-state index contributed by atoms with van der Waals surface area (Å²) >= 11 is 1.76. The van der Waals surface area contributed by atoms with Crippen molar-refractivity contribution in [2.24, 2.45) is 0 Å². The number of hydrogen-bond donors (Lipinski definition) is 4. The molecule has 0 radical (unpaired) electrons. The van der Waals surface area contributed by atoms with Crippen LogP contribution in [0.2, 0.25) is 0 Å². The van der Waals surface area contributed by atoms with Crippen molar-refractivity contribution >= 4 is 29.3 Å². The number of benzene rings is 2. The van der Waals surface area contributed by atoms with Crippen molar-refractivity contribution in [3.05, 3.63) is 94.9 Å². The highest BCUT2D eigenvalue weighted by atomic mass is 32.2. The minimum atomic E-state index is -0.996. The predicted molar refractivity (Wildman–Crippen MR) is 192 cm³/mol. The monoisotopic (exact) mass is 661 g/mol. The van der Waals surface area contributed by atoms with Crippen molar-refractivity contribution in [2.75, 3.05) is 24.7 Å². The number of amides is 1. The van der Waals surface area contributed by atoms with Crippen LogP contribution in [0.4, 0.5) is 5.69 Å². The first-order valence-electron chi connectivity index (χ1n) is 16.9. The van der Waals surface area contributed by atoms with E-state index in [1.807, 2.05) is 13.8 Å². The summed E-state index contributed by atoms with van der Waals surface area (Å²) in [5.41, 5.74) is 5.03. The summed E-state index contributed by atoms with van der Waals surface area (Å²) in [7, 11) is 0. The highest BCUT2D eigenvalue weighted by Gasteiger charge is 2.36. The van der Waals surface area contributed by atoms with Gasteiger partial charge in [0.25, 0.3) is 0 Å². The molecule has 4 N–H and O–H groups in total. The first-order valence-corrected chi connectivity index (χ1v) is 18.2. The van der Waals surface area contributed by atoms with Gasteiger partial charge in [0, 0.05) is 18.7 Å². The Balaban J connectivity index is 0.00000245. The van der Waals surface area contributed by atoms with E-state index in [0.717, 1.165) is 42.8 Å². The van der Waals surface area contributed by atoms with E-state index in [2.05, 4.69) is 73.2 Å². The van der Waals surface area contributed by atoms with Gasteiger partial charge in [-0.15, -0.1) is 11.8 Å². The molecular weight excluding hydrogens is 611 g/mol. The van der Waals surface area contributed by atoms with Crippen LogP contribution in [0.5, 0.6) is 5.75 Å². The number of aromatic carboxylic acids is 1. The molecule has 1 heterocycles. The van der Waals surface area contributed by atoms with Crippen molar-refractivity contribution < 1.29 is 24.5 Å². The number of β-amino-alcohol motifs (C(OH)–C–C–N with tert-alkyl or cyclic N) is 1. The molecular formula is C38H51N3O5S. The van der Waals surface area contributed by atoms with E-state index >= 15 is 0 Å². The van der Waals surface area contributed by atoms with Gasteiger partial charge in [0.05, 0.1) is 24.1 Å². The van der Waals surface area contributed by atoms with Crippen LogP contribution in [0.1, 0.15) is 94.5 Å². The molecule has 8 nitrogen and oxygen atoms in total.